The lowest BCUT2D eigenvalue weighted by Gasteiger charge is -2.03. The Balaban J connectivity index is 1.51. The second-order valence-electron chi connectivity index (χ2n) is 5.79. The van der Waals surface area contributed by atoms with Gasteiger partial charge in [-0.1, -0.05) is 29.8 Å². The highest BCUT2D eigenvalue weighted by molar-refractivity contribution is 7.10. The maximum absolute atomic E-state index is 12.0. The van der Waals surface area contributed by atoms with Crippen LogP contribution >= 0.6 is 11.3 Å². The zero-order chi connectivity index (χ0) is 16.9. The Morgan fingerprint density at radius 1 is 1.21 bits per heavy atom. The number of benzene rings is 1. The van der Waals surface area contributed by atoms with Crippen molar-refractivity contribution in [1.29, 1.82) is 0 Å². The predicted octanol–water partition coefficient (Wildman–Crippen LogP) is 4.27. The zero-order valence-electron chi connectivity index (χ0n) is 13.8. The van der Waals surface area contributed by atoms with Crippen molar-refractivity contribution in [1.82, 2.24) is 10.3 Å². The van der Waals surface area contributed by atoms with Gasteiger partial charge < -0.3 is 9.73 Å². The van der Waals surface area contributed by atoms with E-state index in [0.717, 1.165) is 11.3 Å². The SMILES string of the molecule is Cc1ccc(-c2cnc(CCC(=O)NCc3sccc3C)o2)cc1. The van der Waals surface area contributed by atoms with E-state index in [0.29, 0.717) is 25.3 Å². The molecule has 0 aliphatic rings. The van der Waals surface area contributed by atoms with Crippen molar-refractivity contribution in [3.63, 3.8) is 0 Å². The van der Waals surface area contributed by atoms with Gasteiger partial charge in [0.15, 0.2) is 11.7 Å². The number of oxazole rings is 1. The molecular weight excluding hydrogens is 320 g/mol. The van der Waals surface area contributed by atoms with Gasteiger partial charge in [0, 0.05) is 23.3 Å². The van der Waals surface area contributed by atoms with Crippen molar-refractivity contribution in [3.8, 4) is 11.3 Å². The minimum Gasteiger partial charge on any atom is -0.441 e. The molecule has 124 valence electrons. The molecule has 0 bridgehead atoms. The van der Waals surface area contributed by atoms with E-state index in [9.17, 15) is 4.79 Å². The van der Waals surface area contributed by atoms with E-state index < -0.39 is 0 Å². The molecule has 1 amide bonds. The maximum Gasteiger partial charge on any atom is 0.220 e. The number of thiophene rings is 1. The molecule has 5 heteroatoms. The summed E-state index contributed by atoms with van der Waals surface area (Å²) in [5.41, 5.74) is 3.42. The average molecular weight is 340 g/mol. The lowest BCUT2D eigenvalue weighted by atomic mass is 10.1. The fourth-order valence-corrected chi connectivity index (χ4v) is 3.20. The molecule has 0 radical (unpaired) electrons. The molecular formula is C19H20N2O2S. The van der Waals surface area contributed by atoms with Crippen LogP contribution in [0.5, 0.6) is 0 Å². The molecule has 0 fully saturated rings. The topological polar surface area (TPSA) is 55.1 Å². The van der Waals surface area contributed by atoms with Crippen LogP contribution in [0, 0.1) is 13.8 Å². The third kappa shape index (κ3) is 4.11. The van der Waals surface area contributed by atoms with Crippen LogP contribution in [-0.4, -0.2) is 10.9 Å². The van der Waals surface area contributed by atoms with Gasteiger partial charge in [-0.3, -0.25) is 4.79 Å². The normalized spacial score (nSPS) is 10.8. The molecule has 1 aromatic carbocycles. The van der Waals surface area contributed by atoms with Gasteiger partial charge in [-0.2, -0.15) is 0 Å². The van der Waals surface area contributed by atoms with Gasteiger partial charge in [0.25, 0.3) is 0 Å². The summed E-state index contributed by atoms with van der Waals surface area (Å²) in [7, 11) is 0. The summed E-state index contributed by atoms with van der Waals surface area (Å²) >= 11 is 1.66. The minimum atomic E-state index is 0.0119. The van der Waals surface area contributed by atoms with Crippen LogP contribution in [0.25, 0.3) is 11.3 Å². The molecule has 2 heterocycles. The summed E-state index contributed by atoms with van der Waals surface area (Å²) < 4.78 is 5.74. The van der Waals surface area contributed by atoms with Crippen LogP contribution in [0.1, 0.15) is 28.3 Å². The molecule has 3 aromatic rings. The van der Waals surface area contributed by atoms with Crippen LogP contribution in [0.2, 0.25) is 0 Å². The molecule has 3 rings (SSSR count). The highest BCUT2D eigenvalue weighted by atomic mass is 32.1. The van der Waals surface area contributed by atoms with E-state index in [2.05, 4.69) is 23.3 Å². The largest absolute Gasteiger partial charge is 0.441 e. The highest BCUT2D eigenvalue weighted by Crippen LogP contribution is 2.21. The number of amides is 1. The van der Waals surface area contributed by atoms with E-state index in [1.165, 1.54) is 16.0 Å². The molecule has 24 heavy (non-hydrogen) atoms. The molecule has 2 aromatic heterocycles. The first kappa shape index (κ1) is 16.5. The Morgan fingerprint density at radius 2 is 2.00 bits per heavy atom. The highest BCUT2D eigenvalue weighted by Gasteiger charge is 2.09. The average Bonchev–Trinajstić information content (AvgIpc) is 3.21. The Morgan fingerprint density at radius 3 is 2.71 bits per heavy atom. The number of carbonyl (C=O) groups is 1. The van der Waals surface area contributed by atoms with E-state index in [1.807, 2.05) is 36.6 Å². The second-order valence-corrected chi connectivity index (χ2v) is 6.79. The fourth-order valence-electron chi connectivity index (χ4n) is 2.35. The van der Waals surface area contributed by atoms with Gasteiger partial charge >= 0.3 is 0 Å². The third-order valence-electron chi connectivity index (χ3n) is 3.87. The van der Waals surface area contributed by atoms with Crippen molar-refractivity contribution >= 4 is 17.2 Å². The predicted molar refractivity (Wildman–Crippen MR) is 95.9 cm³/mol. The first-order valence-corrected chi connectivity index (χ1v) is 8.81. The Bertz CT molecular complexity index is 818. The van der Waals surface area contributed by atoms with Crippen molar-refractivity contribution in [2.75, 3.05) is 0 Å². The molecule has 0 spiro atoms. The van der Waals surface area contributed by atoms with Gasteiger partial charge in [0.2, 0.25) is 5.91 Å². The van der Waals surface area contributed by atoms with Crippen LogP contribution in [-0.2, 0) is 17.8 Å². The minimum absolute atomic E-state index is 0.0119. The summed E-state index contributed by atoms with van der Waals surface area (Å²) in [6, 6.07) is 10.2. The number of carbonyl (C=O) groups excluding carboxylic acids is 1. The standard InChI is InChI=1S/C19H20N2O2S/c1-13-3-5-15(6-4-13)16-11-21-19(23-16)8-7-18(22)20-12-17-14(2)9-10-24-17/h3-6,9-11H,7-8,12H2,1-2H3,(H,20,22). The summed E-state index contributed by atoms with van der Waals surface area (Å²) in [5, 5.41) is 4.98. The summed E-state index contributed by atoms with van der Waals surface area (Å²) in [5.74, 6) is 1.34. The van der Waals surface area contributed by atoms with Crippen LogP contribution < -0.4 is 5.32 Å². The fraction of sp³-hybridized carbons (Fsp3) is 0.263. The van der Waals surface area contributed by atoms with Gasteiger partial charge in [0.05, 0.1) is 12.7 Å². The number of hydrogen-bond acceptors (Lipinski definition) is 4. The first-order chi connectivity index (χ1) is 11.6. The molecule has 0 saturated carbocycles. The van der Waals surface area contributed by atoms with Crippen molar-refractivity contribution in [2.24, 2.45) is 0 Å². The lowest BCUT2D eigenvalue weighted by Crippen LogP contribution is -2.22. The molecule has 0 atom stereocenters. The van der Waals surface area contributed by atoms with Crippen molar-refractivity contribution < 1.29 is 9.21 Å². The van der Waals surface area contributed by atoms with Gasteiger partial charge in [-0.25, -0.2) is 4.98 Å². The molecule has 0 saturated heterocycles. The molecule has 0 aliphatic heterocycles. The van der Waals surface area contributed by atoms with Crippen molar-refractivity contribution in [3.05, 3.63) is 63.8 Å². The summed E-state index contributed by atoms with van der Waals surface area (Å²) in [6.45, 7) is 4.69. The van der Waals surface area contributed by atoms with E-state index in [4.69, 9.17) is 4.42 Å². The van der Waals surface area contributed by atoms with Crippen molar-refractivity contribution in [2.45, 2.75) is 33.2 Å². The number of hydrogen-bond donors (Lipinski definition) is 1. The molecule has 0 unspecified atom stereocenters. The van der Waals surface area contributed by atoms with Gasteiger partial charge in [0.1, 0.15) is 0 Å². The second kappa shape index (κ2) is 7.45. The lowest BCUT2D eigenvalue weighted by molar-refractivity contribution is -0.121. The number of nitrogens with zero attached hydrogens (tertiary/aromatic N) is 1. The Kier molecular flexibility index (Phi) is 5.11. The summed E-state index contributed by atoms with van der Waals surface area (Å²) in [4.78, 5) is 17.4. The smallest absolute Gasteiger partial charge is 0.220 e. The first-order valence-electron chi connectivity index (χ1n) is 7.93. The molecule has 0 aliphatic carbocycles. The maximum atomic E-state index is 12.0. The van der Waals surface area contributed by atoms with Crippen LogP contribution in [0.4, 0.5) is 0 Å². The van der Waals surface area contributed by atoms with Gasteiger partial charge in [-0.05, 0) is 30.9 Å². The number of aromatic nitrogens is 1. The number of nitrogens with one attached hydrogen (secondary N) is 1. The number of aryl methyl sites for hydroxylation is 3. The van der Waals surface area contributed by atoms with Crippen LogP contribution in [0.15, 0.2) is 46.3 Å². The van der Waals surface area contributed by atoms with E-state index in [-0.39, 0.29) is 5.91 Å². The summed E-state index contributed by atoms with van der Waals surface area (Å²) in [6.07, 6.45) is 2.59. The molecule has 4 nitrogen and oxygen atoms in total. The van der Waals surface area contributed by atoms with E-state index >= 15 is 0 Å². The quantitative estimate of drug-likeness (QED) is 0.729. The molecule has 1 N–H and O–H groups in total. The zero-order valence-corrected chi connectivity index (χ0v) is 14.7. The Hall–Kier alpha value is -2.40. The van der Waals surface area contributed by atoms with E-state index in [1.54, 1.807) is 17.5 Å². The van der Waals surface area contributed by atoms with Gasteiger partial charge in [-0.15, -0.1) is 11.3 Å². The number of rotatable bonds is 6. The van der Waals surface area contributed by atoms with Crippen LogP contribution in [0.3, 0.4) is 0 Å². The Labute approximate surface area is 145 Å². The third-order valence-corrected chi connectivity index (χ3v) is 4.89. The monoisotopic (exact) mass is 340 g/mol.